The van der Waals surface area contributed by atoms with Crippen molar-refractivity contribution in [3.05, 3.63) is 56.7 Å². The van der Waals surface area contributed by atoms with Gasteiger partial charge in [-0.2, -0.15) is 0 Å². The molecule has 4 nitrogen and oxygen atoms in total. The van der Waals surface area contributed by atoms with E-state index < -0.39 is 5.97 Å². The van der Waals surface area contributed by atoms with Crippen molar-refractivity contribution in [3.63, 3.8) is 0 Å². The smallest absolute Gasteiger partial charge is 0.335 e. The molecule has 0 fully saturated rings. The molecule has 0 saturated carbocycles. The molecular formula is C13H10ClNO3S. The topological polar surface area (TPSA) is 66.4 Å². The Bertz CT molecular complexity index is 607. The van der Waals surface area contributed by atoms with Crippen LogP contribution >= 0.6 is 22.9 Å². The summed E-state index contributed by atoms with van der Waals surface area (Å²) in [5.74, 6) is -1.16. The number of carbonyl (C=O) groups excluding carboxylic acids is 1. The summed E-state index contributed by atoms with van der Waals surface area (Å²) in [4.78, 5) is 23.0. The summed E-state index contributed by atoms with van der Waals surface area (Å²) >= 11 is 6.96. The molecule has 0 unspecified atom stereocenters. The van der Waals surface area contributed by atoms with Gasteiger partial charge in [0.15, 0.2) is 0 Å². The third-order valence-electron chi connectivity index (χ3n) is 2.45. The van der Waals surface area contributed by atoms with Gasteiger partial charge in [0.05, 0.1) is 14.8 Å². The Morgan fingerprint density at radius 3 is 2.37 bits per heavy atom. The molecule has 6 heteroatoms. The molecule has 0 spiro atoms. The Kier molecular flexibility index (Phi) is 4.19. The summed E-state index contributed by atoms with van der Waals surface area (Å²) in [5, 5.41) is 11.5. The highest BCUT2D eigenvalue weighted by Crippen LogP contribution is 2.21. The van der Waals surface area contributed by atoms with Gasteiger partial charge in [-0.25, -0.2) is 4.79 Å². The lowest BCUT2D eigenvalue weighted by Gasteiger charge is -2.04. The molecule has 2 N–H and O–H groups in total. The number of benzene rings is 1. The van der Waals surface area contributed by atoms with Crippen molar-refractivity contribution in [3.8, 4) is 0 Å². The Labute approximate surface area is 118 Å². The summed E-state index contributed by atoms with van der Waals surface area (Å²) in [7, 11) is 0. The number of rotatable bonds is 4. The van der Waals surface area contributed by atoms with E-state index in [-0.39, 0.29) is 11.5 Å². The highest BCUT2D eigenvalue weighted by molar-refractivity contribution is 7.17. The van der Waals surface area contributed by atoms with Crippen LogP contribution in [0, 0.1) is 0 Å². The van der Waals surface area contributed by atoms with Crippen molar-refractivity contribution in [2.24, 2.45) is 0 Å². The summed E-state index contributed by atoms with van der Waals surface area (Å²) in [6.45, 7) is 0.342. The van der Waals surface area contributed by atoms with Gasteiger partial charge in [0.2, 0.25) is 0 Å². The van der Waals surface area contributed by atoms with Gasteiger partial charge >= 0.3 is 5.97 Å². The minimum absolute atomic E-state index is 0.195. The van der Waals surface area contributed by atoms with Gasteiger partial charge in [0, 0.05) is 6.54 Å². The predicted molar refractivity (Wildman–Crippen MR) is 73.9 cm³/mol. The number of halogens is 1. The third kappa shape index (κ3) is 3.56. The lowest BCUT2D eigenvalue weighted by molar-refractivity contribution is 0.0696. The number of carbonyl (C=O) groups is 2. The van der Waals surface area contributed by atoms with Gasteiger partial charge in [-0.1, -0.05) is 23.7 Å². The molecule has 1 heterocycles. The van der Waals surface area contributed by atoms with E-state index in [1.165, 1.54) is 23.5 Å². The van der Waals surface area contributed by atoms with Gasteiger partial charge in [-0.05, 0) is 29.8 Å². The molecule has 0 radical (unpaired) electrons. The van der Waals surface area contributed by atoms with Crippen LogP contribution < -0.4 is 5.32 Å². The Balaban J connectivity index is 1.95. The number of hydrogen-bond donors (Lipinski definition) is 2. The fourth-order valence-electron chi connectivity index (χ4n) is 1.47. The fraction of sp³-hybridized carbons (Fsp3) is 0.0769. The number of carboxylic acid groups (broad SMARTS) is 1. The van der Waals surface area contributed by atoms with Crippen molar-refractivity contribution in [2.75, 3.05) is 0 Å². The average molecular weight is 296 g/mol. The Morgan fingerprint density at radius 2 is 1.84 bits per heavy atom. The molecular weight excluding hydrogens is 286 g/mol. The van der Waals surface area contributed by atoms with E-state index in [4.69, 9.17) is 16.7 Å². The molecule has 98 valence electrons. The lowest BCUT2D eigenvalue weighted by Crippen LogP contribution is -2.21. The Morgan fingerprint density at radius 1 is 1.16 bits per heavy atom. The van der Waals surface area contributed by atoms with Gasteiger partial charge < -0.3 is 10.4 Å². The fourth-order valence-corrected chi connectivity index (χ4v) is 2.43. The monoisotopic (exact) mass is 295 g/mol. The van der Waals surface area contributed by atoms with Crippen molar-refractivity contribution in [1.82, 2.24) is 5.32 Å². The number of amides is 1. The zero-order valence-electron chi connectivity index (χ0n) is 9.72. The second kappa shape index (κ2) is 5.86. The van der Waals surface area contributed by atoms with Crippen LogP contribution in [0.5, 0.6) is 0 Å². The van der Waals surface area contributed by atoms with Crippen LogP contribution in [0.15, 0.2) is 36.4 Å². The highest BCUT2D eigenvalue weighted by Gasteiger charge is 2.08. The van der Waals surface area contributed by atoms with Crippen LogP contribution in [0.2, 0.25) is 4.34 Å². The highest BCUT2D eigenvalue weighted by atomic mass is 35.5. The maximum atomic E-state index is 11.8. The van der Waals surface area contributed by atoms with Gasteiger partial charge in [-0.3, -0.25) is 4.79 Å². The van der Waals surface area contributed by atoms with Crippen LogP contribution in [0.3, 0.4) is 0 Å². The molecule has 1 aromatic heterocycles. The molecule has 1 amide bonds. The summed E-state index contributed by atoms with van der Waals surface area (Å²) in [5.41, 5.74) is 1.06. The van der Waals surface area contributed by atoms with E-state index in [1.807, 2.05) is 0 Å². The van der Waals surface area contributed by atoms with Crippen molar-refractivity contribution < 1.29 is 14.7 Å². The molecule has 0 aliphatic carbocycles. The first-order chi connectivity index (χ1) is 9.06. The normalized spacial score (nSPS) is 10.2. The van der Waals surface area contributed by atoms with Crippen molar-refractivity contribution in [2.45, 2.75) is 6.54 Å². The van der Waals surface area contributed by atoms with Crippen LogP contribution in [0.1, 0.15) is 25.6 Å². The molecule has 2 rings (SSSR count). The quantitative estimate of drug-likeness (QED) is 0.911. The van der Waals surface area contributed by atoms with E-state index in [0.717, 1.165) is 5.56 Å². The molecule has 1 aromatic carbocycles. The maximum Gasteiger partial charge on any atom is 0.335 e. The van der Waals surface area contributed by atoms with Gasteiger partial charge in [-0.15, -0.1) is 11.3 Å². The minimum atomic E-state index is -0.969. The number of aromatic carboxylic acids is 1. The number of nitrogens with one attached hydrogen (secondary N) is 1. The van der Waals surface area contributed by atoms with Crippen LogP contribution in [-0.2, 0) is 6.54 Å². The first-order valence-electron chi connectivity index (χ1n) is 5.42. The summed E-state index contributed by atoms with van der Waals surface area (Å²) in [6.07, 6.45) is 0. The SMILES string of the molecule is O=C(O)c1ccc(CNC(=O)c2ccc(Cl)s2)cc1. The molecule has 0 aliphatic rings. The minimum Gasteiger partial charge on any atom is -0.478 e. The van der Waals surface area contributed by atoms with E-state index in [1.54, 1.807) is 24.3 Å². The zero-order valence-corrected chi connectivity index (χ0v) is 11.3. The number of hydrogen-bond acceptors (Lipinski definition) is 3. The Hall–Kier alpha value is -1.85. The lowest BCUT2D eigenvalue weighted by atomic mass is 10.1. The van der Waals surface area contributed by atoms with Crippen molar-refractivity contribution >= 4 is 34.8 Å². The largest absolute Gasteiger partial charge is 0.478 e. The second-order valence-electron chi connectivity index (χ2n) is 3.79. The average Bonchev–Trinajstić information content (AvgIpc) is 2.83. The van der Waals surface area contributed by atoms with Gasteiger partial charge in [0.25, 0.3) is 5.91 Å². The maximum absolute atomic E-state index is 11.8. The second-order valence-corrected chi connectivity index (χ2v) is 5.50. The molecule has 0 saturated heterocycles. The summed E-state index contributed by atoms with van der Waals surface area (Å²) in [6, 6.07) is 9.69. The van der Waals surface area contributed by atoms with Crippen molar-refractivity contribution in [1.29, 1.82) is 0 Å². The molecule has 0 bridgehead atoms. The number of carboxylic acids is 1. The predicted octanol–water partition coefficient (Wildman–Crippen LogP) is 3.03. The molecule has 0 atom stereocenters. The van der Waals surface area contributed by atoms with Crippen LogP contribution in [-0.4, -0.2) is 17.0 Å². The summed E-state index contributed by atoms with van der Waals surface area (Å²) < 4.78 is 0.566. The standard InChI is InChI=1S/C13H10ClNO3S/c14-11-6-5-10(19-11)12(16)15-7-8-1-3-9(4-2-8)13(17)18/h1-6H,7H2,(H,15,16)(H,17,18). The first kappa shape index (κ1) is 13.6. The van der Waals surface area contributed by atoms with Gasteiger partial charge in [0.1, 0.15) is 0 Å². The van der Waals surface area contributed by atoms with E-state index in [0.29, 0.717) is 15.8 Å². The molecule has 0 aliphatic heterocycles. The van der Waals surface area contributed by atoms with E-state index >= 15 is 0 Å². The number of thiophene rings is 1. The molecule has 2 aromatic rings. The molecule has 19 heavy (non-hydrogen) atoms. The third-order valence-corrected chi connectivity index (χ3v) is 3.68. The van der Waals surface area contributed by atoms with Crippen LogP contribution in [0.4, 0.5) is 0 Å². The first-order valence-corrected chi connectivity index (χ1v) is 6.61. The van der Waals surface area contributed by atoms with E-state index in [9.17, 15) is 9.59 Å². The zero-order chi connectivity index (χ0) is 13.8. The van der Waals surface area contributed by atoms with E-state index in [2.05, 4.69) is 5.32 Å². The van der Waals surface area contributed by atoms with Crippen LogP contribution in [0.25, 0.3) is 0 Å².